The number of benzene rings is 1. The van der Waals surface area contributed by atoms with Crippen LogP contribution >= 0.6 is 0 Å². The van der Waals surface area contributed by atoms with E-state index in [2.05, 4.69) is 9.97 Å². The Kier molecular flexibility index (Phi) is 6.04. The molecule has 1 aromatic heterocycles. The Hall–Kier alpha value is -2.50. The predicted octanol–water partition coefficient (Wildman–Crippen LogP) is 0.919. The van der Waals surface area contributed by atoms with Gasteiger partial charge in [-0.3, -0.25) is 18.6 Å². The van der Waals surface area contributed by atoms with Crippen LogP contribution in [0.5, 0.6) is 0 Å². The maximum absolute atomic E-state index is 13.3. The lowest BCUT2D eigenvalue weighted by Gasteiger charge is -2.34. The Morgan fingerprint density at radius 2 is 1.78 bits per heavy atom. The van der Waals surface area contributed by atoms with Gasteiger partial charge in [0, 0.05) is 50.1 Å². The summed E-state index contributed by atoms with van der Waals surface area (Å²) in [5.74, 6) is -1.52. The van der Waals surface area contributed by atoms with Crippen molar-refractivity contribution in [1.29, 1.82) is 0 Å². The number of carbonyl (C=O) groups is 1. The smallest absolute Gasteiger partial charge is 0.274 e. The van der Waals surface area contributed by atoms with Gasteiger partial charge in [-0.25, -0.2) is 18.7 Å². The van der Waals surface area contributed by atoms with Crippen molar-refractivity contribution >= 4 is 23.0 Å². The van der Waals surface area contributed by atoms with Crippen LogP contribution in [0, 0.1) is 11.6 Å². The number of amides is 1. The lowest BCUT2D eigenvalue weighted by atomic mass is 10.2. The second-order valence-electron chi connectivity index (χ2n) is 5.97. The molecule has 2 heterocycles. The molecular weight excluding hydrogens is 380 g/mol. The van der Waals surface area contributed by atoms with Crippen LogP contribution in [0.25, 0.3) is 0 Å². The highest BCUT2D eigenvalue weighted by molar-refractivity contribution is 7.80. The highest BCUT2D eigenvalue weighted by Gasteiger charge is 2.23. The van der Waals surface area contributed by atoms with Crippen molar-refractivity contribution in [2.24, 2.45) is 0 Å². The zero-order valence-electron chi connectivity index (χ0n) is 14.1. The number of piperazine rings is 1. The third kappa shape index (κ3) is 5.25. The second kappa shape index (κ2) is 8.46. The predicted molar refractivity (Wildman–Crippen MR) is 92.1 cm³/mol. The second-order valence-corrected chi connectivity index (χ2v) is 6.64. The molecule has 0 radical (unpaired) electrons. The van der Waals surface area contributed by atoms with Gasteiger partial charge in [0.25, 0.3) is 5.91 Å². The summed E-state index contributed by atoms with van der Waals surface area (Å²) in [6.45, 7) is 2.35. The van der Waals surface area contributed by atoms with Gasteiger partial charge >= 0.3 is 0 Å². The highest BCUT2D eigenvalue weighted by Crippen LogP contribution is 2.14. The fourth-order valence-corrected chi connectivity index (χ4v) is 3.08. The molecule has 0 aliphatic carbocycles. The maximum Gasteiger partial charge on any atom is 0.274 e. The van der Waals surface area contributed by atoms with Crippen LogP contribution in [-0.2, 0) is 17.8 Å². The van der Waals surface area contributed by atoms with Crippen LogP contribution in [0.3, 0.4) is 0 Å². The van der Waals surface area contributed by atoms with E-state index in [1.807, 2.05) is 9.62 Å². The van der Waals surface area contributed by atoms with Gasteiger partial charge in [-0.2, -0.15) is 0 Å². The summed E-state index contributed by atoms with van der Waals surface area (Å²) in [5.41, 5.74) is 0.648. The Balaban J connectivity index is 1.55. The zero-order chi connectivity index (χ0) is 19.4. The molecule has 1 atom stereocenters. The van der Waals surface area contributed by atoms with E-state index in [0.29, 0.717) is 38.3 Å². The van der Waals surface area contributed by atoms with Gasteiger partial charge in [0.2, 0.25) is 0 Å². The lowest BCUT2D eigenvalue weighted by Crippen LogP contribution is -2.48. The molecule has 1 amide bonds. The summed E-state index contributed by atoms with van der Waals surface area (Å²) in [7, 11) is 0. The first-order valence-corrected chi connectivity index (χ1v) is 9.13. The molecule has 1 aliphatic rings. The molecule has 11 heteroatoms. The summed E-state index contributed by atoms with van der Waals surface area (Å²) >= 11 is -2.51. The topological polar surface area (TPSA) is 101 Å². The first kappa shape index (κ1) is 19.3. The minimum absolute atomic E-state index is 0.0204. The summed E-state index contributed by atoms with van der Waals surface area (Å²) < 4.78 is 49.7. The Labute approximate surface area is 156 Å². The molecule has 1 saturated heterocycles. The lowest BCUT2D eigenvalue weighted by molar-refractivity contribution is 0.0622. The number of hydrogen-bond acceptors (Lipinski definition) is 6. The van der Waals surface area contributed by atoms with Crippen LogP contribution < -0.4 is 4.72 Å². The van der Waals surface area contributed by atoms with Gasteiger partial charge in [-0.05, 0) is 17.7 Å². The minimum Gasteiger partial charge on any atom is -0.755 e. The number of halogens is 2. The summed E-state index contributed by atoms with van der Waals surface area (Å²) in [6.07, 6.45) is 2.37. The first-order chi connectivity index (χ1) is 12.9. The van der Waals surface area contributed by atoms with E-state index in [9.17, 15) is 22.3 Å². The molecule has 27 heavy (non-hydrogen) atoms. The molecule has 3 rings (SSSR count). The van der Waals surface area contributed by atoms with Gasteiger partial charge < -0.3 is 9.45 Å². The fraction of sp³-hybridized carbons (Fsp3) is 0.312. The van der Waals surface area contributed by atoms with E-state index in [-0.39, 0.29) is 17.4 Å². The van der Waals surface area contributed by atoms with E-state index < -0.39 is 22.9 Å². The quantitative estimate of drug-likeness (QED) is 0.754. The monoisotopic (exact) mass is 396 g/mol. The van der Waals surface area contributed by atoms with E-state index in [0.717, 1.165) is 12.3 Å². The Bertz CT molecular complexity index is 824. The van der Waals surface area contributed by atoms with Gasteiger partial charge in [-0.15, -0.1) is 0 Å². The minimum atomic E-state index is -2.51. The largest absolute Gasteiger partial charge is 0.755 e. The molecule has 1 unspecified atom stereocenters. The van der Waals surface area contributed by atoms with Crippen molar-refractivity contribution < 1.29 is 22.3 Å². The Morgan fingerprint density at radius 1 is 1.11 bits per heavy atom. The van der Waals surface area contributed by atoms with Crippen LogP contribution in [0.1, 0.15) is 16.1 Å². The normalized spacial score (nSPS) is 16.2. The van der Waals surface area contributed by atoms with Crippen molar-refractivity contribution in [3.63, 3.8) is 0 Å². The summed E-state index contributed by atoms with van der Waals surface area (Å²) in [4.78, 5) is 23.8. The third-order valence-corrected chi connectivity index (χ3v) is 4.42. The molecule has 1 fully saturated rings. The number of rotatable bonds is 5. The van der Waals surface area contributed by atoms with Gasteiger partial charge in [0.1, 0.15) is 17.3 Å². The maximum atomic E-state index is 13.3. The summed E-state index contributed by atoms with van der Waals surface area (Å²) in [6, 6.07) is 3.41. The SMILES string of the molecule is O=C(c1cnc(NS(=O)[O-])cn1)N1CCN(Cc2cc(F)cc(F)c2)CC1. The van der Waals surface area contributed by atoms with Gasteiger partial charge in [-0.1, -0.05) is 0 Å². The van der Waals surface area contributed by atoms with Gasteiger partial charge in [0.05, 0.1) is 12.4 Å². The molecule has 1 aromatic carbocycles. The molecule has 1 aliphatic heterocycles. The molecule has 0 saturated carbocycles. The van der Waals surface area contributed by atoms with Gasteiger partial charge in [0.15, 0.2) is 5.82 Å². The number of aromatic nitrogens is 2. The van der Waals surface area contributed by atoms with Crippen LogP contribution in [0.15, 0.2) is 30.6 Å². The van der Waals surface area contributed by atoms with Crippen molar-refractivity contribution in [3.8, 4) is 0 Å². The summed E-state index contributed by atoms with van der Waals surface area (Å²) in [5, 5.41) is 0. The fourth-order valence-electron chi connectivity index (χ4n) is 2.81. The van der Waals surface area contributed by atoms with Crippen LogP contribution in [0.2, 0.25) is 0 Å². The number of anilines is 1. The van der Waals surface area contributed by atoms with E-state index in [4.69, 9.17) is 0 Å². The first-order valence-electron chi connectivity index (χ1n) is 8.05. The average Bonchev–Trinajstić information content (AvgIpc) is 2.61. The third-order valence-electron chi connectivity index (χ3n) is 4.05. The van der Waals surface area contributed by atoms with E-state index >= 15 is 0 Å². The molecule has 2 aromatic rings. The van der Waals surface area contributed by atoms with Crippen LogP contribution in [0.4, 0.5) is 14.6 Å². The number of nitrogens with zero attached hydrogens (tertiary/aromatic N) is 4. The number of nitrogens with one attached hydrogen (secondary N) is 1. The molecular formula is C16H16F2N5O3S-. The van der Waals surface area contributed by atoms with E-state index in [1.165, 1.54) is 18.3 Å². The average molecular weight is 396 g/mol. The molecule has 1 N–H and O–H groups in total. The highest BCUT2D eigenvalue weighted by atomic mass is 32.2. The van der Waals surface area contributed by atoms with Crippen molar-refractivity contribution in [2.45, 2.75) is 6.54 Å². The molecule has 0 bridgehead atoms. The Morgan fingerprint density at radius 3 is 2.33 bits per heavy atom. The van der Waals surface area contributed by atoms with Crippen LogP contribution in [-0.4, -0.2) is 60.6 Å². The standard InChI is InChI=1S/C16H17F2N5O3S/c17-12-5-11(6-13(18)7-12)10-22-1-3-23(4-2-22)16(24)14-8-20-15(9-19-14)21-27(25)26/h5-9H,1-4,10H2,(H,20,21)(H,25,26)/p-1. The molecule has 144 valence electrons. The van der Waals surface area contributed by atoms with Crippen molar-refractivity contribution in [2.75, 3.05) is 30.9 Å². The number of hydrogen-bond donors (Lipinski definition) is 1. The zero-order valence-corrected chi connectivity index (χ0v) is 14.9. The molecule has 0 spiro atoms. The van der Waals surface area contributed by atoms with Crippen molar-refractivity contribution in [3.05, 3.63) is 53.5 Å². The molecule has 8 nitrogen and oxygen atoms in total. The van der Waals surface area contributed by atoms with Crippen molar-refractivity contribution in [1.82, 2.24) is 19.8 Å². The number of carbonyl (C=O) groups excluding carboxylic acids is 1. The van der Waals surface area contributed by atoms with E-state index in [1.54, 1.807) is 4.90 Å².